The Labute approximate surface area is 185 Å². The molecule has 0 radical (unpaired) electrons. The monoisotopic (exact) mass is 435 g/mol. The third kappa shape index (κ3) is 4.86. The first-order valence-corrected chi connectivity index (χ1v) is 10.5. The van der Waals surface area contributed by atoms with Gasteiger partial charge in [0.25, 0.3) is 5.91 Å². The van der Waals surface area contributed by atoms with Crippen LogP contribution in [0.15, 0.2) is 65.2 Å². The molecule has 0 fully saturated rings. The molecule has 0 spiro atoms. The molecule has 0 aliphatic rings. The second-order valence-electron chi connectivity index (χ2n) is 7.25. The Morgan fingerprint density at radius 3 is 2.74 bits per heavy atom. The number of fused-ring (bicyclic) bond motifs is 1. The average molecular weight is 436 g/mol. The van der Waals surface area contributed by atoms with Crippen molar-refractivity contribution in [2.75, 3.05) is 11.9 Å². The summed E-state index contributed by atoms with van der Waals surface area (Å²) in [5, 5.41) is 3.19. The zero-order valence-electron chi connectivity index (χ0n) is 17.3. The van der Waals surface area contributed by atoms with E-state index in [1.807, 2.05) is 24.3 Å². The number of anilines is 1. The Kier molecular flexibility index (Phi) is 6.18. The molecule has 158 valence electrons. The summed E-state index contributed by atoms with van der Waals surface area (Å²) in [7, 11) is 0. The normalized spacial score (nSPS) is 12.0. The maximum atomic E-state index is 12.4. The molecule has 4 rings (SSSR count). The minimum absolute atomic E-state index is 0.129. The zero-order chi connectivity index (χ0) is 21.8. The Hall–Kier alpha value is -3.38. The van der Waals surface area contributed by atoms with Gasteiger partial charge in [-0.1, -0.05) is 37.6 Å². The maximum absolute atomic E-state index is 12.4. The number of oxazole rings is 1. The molecule has 2 aromatic heterocycles. The third-order valence-electron chi connectivity index (χ3n) is 5.08. The molecule has 0 saturated carbocycles. The first-order chi connectivity index (χ1) is 15.0. The van der Waals surface area contributed by atoms with Crippen LogP contribution >= 0.6 is 11.6 Å². The van der Waals surface area contributed by atoms with Crippen LogP contribution in [0.1, 0.15) is 31.7 Å². The van der Waals surface area contributed by atoms with Crippen LogP contribution in [0.25, 0.3) is 22.7 Å². The van der Waals surface area contributed by atoms with Gasteiger partial charge < -0.3 is 14.5 Å². The van der Waals surface area contributed by atoms with Crippen LogP contribution in [0.4, 0.5) is 5.69 Å². The molecule has 6 nitrogen and oxygen atoms in total. The fourth-order valence-corrected chi connectivity index (χ4v) is 3.27. The highest BCUT2D eigenvalue weighted by Gasteiger charge is 2.13. The van der Waals surface area contributed by atoms with Crippen molar-refractivity contribution in [2.45, 2.75) is 26.2 Å². The molecule has 2 aromatic carbocycles. The molecule has 0 saturated heterocycles. The van der Waals surface area contributed by atoms with E-state index < -0.39 is 0 Å². The van der Waals surface area contributed by atoms with Crippen molar-refractivity contribution in [3.8, 4) is 17.2 Å². The molecular formula is C24H22ClN3O3. The smallest absolute Gasteiger partial charge is 0.262 e. The van der Waals surface area contributed by atoms with Crippen molar-refractivity contribution < 1.29 is 13.9 Å². The van der Waals surface area contributed by atoms with Gasteiger partial charge in [-0.3, -0.25) is 4.79 Å². The fraction of sp³-hybridized carbons (Fsp3) is 0.208. The molecule has 1 amide bonds. The number of halogens is 1. The summed E-state index contributed by atoms with van der Waals surface area (Å²) in [4.78, 5) is 21.0. The topological polar surface area (TPSA) is 77.2 Å². The van der Waals surface area contributed by atoms with Crippen LogP contribution in [0.2, 0.25) is 5.02 Å². The number of nitrogens with one attached hydrogen (secondary N) is 1. The second-order valence-corrected chi connectivity index (χ2v) is 7.66. The van der Waals surface area contributed by atoms with Gasteiger partial charge in [0, 0.05) is 11.8 Å². The van der Waals surface area contributed by atoms with Crippen LogP contribution in [-0.4, -0.2) is 22.5 Å². The van der Waals surface area contributed by atoms with E-state index in [2.05, 4.69) is 29.1 Å². The minimum Gasteiger partial charge on any atom is -0.484 e. The maximum Gasteiger partial charge on any atom is 0.262 e. The van der Waals surface area contributed by atoms with Gasteiger partial charge in [-0.15, -0.1) is 0 Å². The quantitative estimate of drug-likeness (QED) is 0.381. The predicted molar refractivity (Wildman–Crippen MR) is 122 cm³/mol. The number of rotatable bonds is 7. The molecule has 1 N–H and O–H groups in total. The molecule has 4 aromatic rings. The van der Waals surface area contributed by atoms with Gasteiger partial charge >= 0.3 is 0 Å². The highest BCUT2D eigenvalue weighted by Crippen LogP contribution is 2.30. The number of nitrogens with zero attached hydrogens (tertiary/aromatic N) is 2. The van der Waals surface area contributed by atoms with Crippen molar-refractivity contribution in [3.63, 3.8) is 0 Å². The summed E-state index contributed by atoms with van der Waals surface area (Å²) in [6.07, 6.45) is 2.72. The molecular weight excluding hydrogens is 414 g/mol. The van der Waals surface area contributed by atoms with Gasteiger partial charge in [0.05, 0.1) is 10.7 Å². The number of ether oxygens (including phenoxy) is 1. The first kappa shape index (κ1) is 20.9. The number of aromatic nitrogens is 2. The van der Waals surface area contributed by atoms with E-state index in [9.17, 15) is 4.79 Å². The second kappa shape index (κ2) is 9.18. The van der Waals surface area contributed by atoms with Crippen LogP contribution in [-0.2, 0) is 4.79 Å². The zero-order valence-corrected chi connectivity index (χ0v) is 18.0. The average Bonchev–Trinajstić information content (AvgIpc) is 3.23. The summed E-state index contributed by atoms with van der Waals surface area (Å²) >= 11 is 6.27. The Balaban J connectivity index is 1.42. The molecule has 0 unspecified atom stereocenters. The Bertz CT molecular complexity index is 1170. The highest BCUT2D eigenvalue weighted by molar-refractivity contribution is 6.33. The van der Waals surface area contributed by atoms with Crippen molar-refractivity contribution in [1.82, 2.24) is 9.97 Å². The van der Waals surface area contributed by atoms with Crippen LogP contribution in [0, 0.1) is 0 Å². The van der Waals surface area contributed by atoms with Crippen molar-refractivity contribution in [1.29, 1.82) is 0 Å². The van der Waals surface area contributed by atoms with E-state index in [1.54, 1.807) is 36.5 Å². The number of hydrogen-bond acceptors (Lipinski definition) is 5. The summed E-state index contributed by atoms with van der Waals surface area (Å²) < 4.78 is 11.3. The van der Waals surface area contributed by atoms with Crippen LogP contribution in [0.3, 0.4) is 0 Å². The van der Waals surface area contributed by atoms with Gasteiger partial charge in [0.2, 0.25) is 5.89 Å². The highest BCUT2D eigenvalue weighted by atomic mass is 35.5. The lowest BCUT2D eigenvalue weighted by Crippen LogP contribution is -2.20. The number of benzene rings is 2. The van der Waals surface area contributed by atoms with E-state index in [0.717, 1.165) is 6.42 Å². The van der Waals surface area contributed by atoms with Gasteiger partial charge in [-0.05, 0) is 60.4 Å². The summed E-state index contributed by atoms with van der Waals surface area (Å²) in [5.41, 5.74) is 3.49. The van der Waals surface area contributed by atoms with Crippen LogP contribution < -0.4 is 10.1 Å². The first-order valence-electron chi connectivity index (χ1n) is 10.1. The molecule has 2 heterocycles. The van der Waals surface area contributed by atoms with E-state index in [1.165, 1.54) is 5.56 Å². The summed E-state index contributed by atoms with van der Waals surface area (Å²) in [5.74, 6) is 1.22. The van der Waals surface area contributed by atoms with Crippen molar-refractivity contribution in [2.24, 2.45) is 0 Å². The number of carbonyl (C=O) groups is 1. The number of carbonyl (C=O) groups excluding carboxylic acids is 1. The predicted octanol–water partition coefficient (Wildman–Crippen LogP) is 6.07. The summed E-state index contributed by atoms with van der Waals surface area (Å²) in [6.45, 7) is 4.20. The molecule has 7 heteroatoms. The van der Waals surface area contributed by atoms with Gasteiger partial charge in [-0.2, -0.15) is 4.98 Å². The third-order valence-corrected chi connectivity index (χ3v) is 5.41. The van der Waals surface area contributed by atoms with E-state index in [4.69, 9.17) is 20.8 Å². The van der Waals surface area contributed by atoms with Gasteiger partial charge in [0.15, 0.2) is 17.8 Å². The van der Waals surface area contributed by atoms with Gasteiger partial charge in [0.1, 0.15) is 5.75 Å². The lowest BCUT2D eigenvalue weighted by Gasteiger charge is -2.11. The molecule has 0 aliphatic carbocycles. The van der Waals surface area contributed by atoms with Crippen LogP contribution in [0.5, 0.6) is 5.75 Å². The van der Waals surface area contributed by atoms with E-state index >= 15 is 0 Å². The number of hydrogen-bond donors (Lipinski definition) is 1. The molecule has 0 bridgehead atoms. The molecule has 1 atom stereocenters. The number of pyridine rings is 1. The van der Waals surface area contributed by atoms with Crippen molar-refractivity contribution in [3.05, 3.63) is 71.4 Å². The van der Waals surface area contributed by atoms with Crippen molar-refractivity contribution >= 4 is 34.4 Å². The lowest BCUT2D eigenvalue weighted by molar-refractivity contribution is -0.118. The van der Waals surface area contributed by atoms with E-state index in [-0.39, 0.29) is 12.5 Å². The molecule has 0 aliphatic heterocycles. The SMILES string of the molecule is CC[C@H](C)c1ccc(OCC(=O)Nc2cc(-c3nc4ncccc4o3)ccc2Cl)cc1. The Morgan fingerprint density at radius 1 is 1.19 bits per heavy atom. The van der Waals surface area contributed by atoms with Gasteiger partial charge in [-0.25, -0.2) is 4.98 Å². The fourth-order valence-electron chi connectivity index (χ4n) is 3.11. The Morgan fingerprint density at radius 2 is 2.00 bits per heavy atom. The number of amides is 1. The standard InChI is InChI=1S/C24H22ClN3O3/c1-3-15(2)16-6-9-18(10-7-16)30-14-22(29)27-20-13-17(8-11-19(20)25)24-28-23-21(31-24)5-4-12-26-23/h4-13,15H,3,14H2,1-2H3,(H,27,29)/t15-/m0/s1. The largest absolute Gasteiger partial charge is 0.484 e. The minimum atomic E-state index is -0.315. The lowest BCUT2D eigenvalue weighted by atomic mass is 9.99. The summed E-state index contributed by atoms with van der Waals surface area (Å²) in [6, 6.07) is 16.6. The molecule has 31 heavy (non-hydrogen) atoms. The van der Waals surface area contributed by atoms with E-state index in [0.29, 0.717) is 45.1 Å².